The van der Waals surface area contributed by atoms with Crippen LogP contribution in [0.2, 0.25) is 0 Å². The van der Waals surface area contributed by atoms with Gasteiger partial charge in [-0.25, -0.2) is 4.98 Å². The van der Waals surface area contributed by atoms with E-state index in [0.717, 1.165) is 0 Å². The van der Waals surface area contributed by atoms with Crippen LogP contribution in [0, 0.1) is 0 Å². The Morgan fingerprint density at radius 2 is 2.36 bits per heavy atom. The molecule has 0 aliphatic carbocycles. The van der Waals surface area contributed by atoms with E-state index in [-0.39, 0.29) is 23.7 Å². The average molecular weight is 354 g/mol. The summed E-state index contributed by atoms with van der Waals surface area (Å²) in [5.74, 6) is -0.507. The molecule has 0 aromatic carbocycles. The summed E-state index contributed by atoms with van der Waals surface area (Å²) in [5, 5.41) is 22.0. The number of likely N-dealkylation sites (N-methyl/N-ethyl adjacent to an activating group) is 1. The van der Waals surface area contributed by atoms with Crippen LogP contribution in [0.4, 0.5) is 5.95 Å². The van der Waals surface area contributed by atoms with Gasteiger partial charge in [0.2, 0.25) is 11.9 Å². The van der Waals surface area contributed by atoms with E-state index in [1.54, 1.807) is 0 Å². The first-order valence-electron chi connectivity index (χ1n) is 7.45. The second kappa shape index (κ2) is 6.76. The Morgan fingerprint density at radius 3 is 3.04 bits per heavy atom. The highest BCUT2D eigenvalue weighted by Gasteiger charge is 2.46. The Hall–Kier alpha value is -2.54. The van der Waals surface area contributed by atoms with Gasteiger partial charge in [-0.2, -0.15) is 4.98 Å². The van der Waals surface area contributed by atoms with Gasteiger partial charge in [0.15, 0.2) is 17.4 Å². The van der Waals surface area contributed by atoms with Crippen molar-refractivity contribution in [2.24, 2.45) is 0 Å². The molecule has 6 N–H and O–H groups in total. The minimum atomic E-state index is -1.20. The molecule has 3 rings (SSSR count). The highest BCUT2D eigenvalue weighted by Crippen LogP contribution is 2.33. The number of anilines is 1. The maximum absolute atomic E-state index is 11.9. The third-order valence-electron chi connectivity index (χ3n) is 3.90. The first-order valence-corrected chi connectivity index (χ1v) is 7.45. The van der Waals surface area contributed by atoms with Crippen molar-refractivity contribution in [1.82, 2.24) is 24.8 Å². The normalized spacial score (nSPS) is 26.2. The van der Waals surface area contributed by atoms with E-state index in [1.165, 1.54) is 17.9 Å². The molecule has 12 heteroatoms. The number of amides is 1. The number of nitrogen functional groups attached to an aromatic ring is 1. The first-order chi connectivity index (χ1) is 12.0. The van der Waals surface area contributed by atoms with Crippen molar-refractivity contribution in [3.63, 3.8) is 0 Å². The van der Waals surface area contributed by atoms with Gasteiger partial charge in [0, 0.05) is 7.05 Å². The third-order valence-corrected chi connectivity index (χ3v) is 3.90. The molecule has 25 heavy (non-hydrogen) atoms. The molecule has 0 spiro atoms. The number of aromatic amines is 1. The zero-order valence-corrected chi connectivity index (χ0v) is 13.2. The smallest absolute Gasteiger partial charge is 0.280 e. The summed E-state index contributed by atoms with van der Waals surface area (Å²) < 4.78 is 12.4. The number of nitrogens with two attached hydrogens (primary N) is 1. The van der Waals surface area contributed by atoms with Crippen LogP contribution in [-0.4, -0.2) is 74.2 Å². The van der Waals surface area contributed by atoms with Crippen LogP contribution in [0.5, 0.6) is 0 Å². The predicted octanol–water partition coefficient (Wildman–Crippen LogP) is -2.92. The van der Waals surface area contributed by atoms with Gasteiger partial charge >= 0.3 is 0 Å². The number of ether oxygens (including phenoxy) is 2. The lowest BCUT2D eigenvalue weighted by molar-refractivity contribution is -0.132. The third kappa shape index (κ3) is 3.07. The predicted molar refractivity (Wildman–Crippen MR) is 83.4 cm³/mol. The van der Waals surface area contributed by atoms with Crippen molar-refractivity contribution in [2.45, 2.75) is 24.5 Å². The Labute approximate surface area is 140 Å². The molecule has 0 saturated carbocycles. The molecular weight excluding hydrogens is 336 g/mol. The SMILES string of the molecule is CNC(=O)CO[C@@H]1[C@H](O)[C@@H](CO)O[C@H]1n1cnc2c(=O)[nH]c(N)nc21. The fourth-order valence-electron chi connectivity index (χ4n) is 2.65. The first kappa shape index (κ1) is 17.3. The van der Waals surface area contributed by atoms with E-state index < -0.39 is 42.6 Å². The number of nitrogens with one attached hydrogen (secondary N) is 2. The zero-order chi connectivity index (χ0) is 18.1. The number of rotatable bonds is 5. The fraction of sp³-hybridized carbons (Fsp3) is 0.538. The van der Waals surface area contributed by atoms with Crippen molar-refractivity contribution >= 4 is 23.0 Å². The van der Waals surface area contributed by atoms with Gasteiger partial charge in [0.25, 0.3) is 5.56 Å². The Balaban J connectivity index is 1.98. The van der Waals surface area contributed by atoms with Crippen LogP contribution in [0.15, 0.2) is 11.1 Å². The molecule has 1 fully saturated rings. The van der Waals surface area contributed by atoms with Crippen LogP contribution >= 0.6 is 0 Å². The largest absolute Gasteiger partial charge is 0.394 e. The molecule has 136 valence electrons. The number of hydrogen-bond donors (Lipinski definition) is 5. The Morgan fingerprint density at radius 1 is 1.60 bits per heavy atom. The molecule has 1 saturated heterocycles. The molecule has 3 heterocycles. The molecule has 0 radical (unpaired) electrons. The minimum Gasteiger partial charge on any atom is -0.394 e. The van der Waals surface area contributed by atoms with Crippen LogP contribution in [0.3, 0.4) is 0 Å². The topological polar surface area (TPSA) is 178 Å². The second-order valence-corrected chi connectivity index (χ2v) is 5.46. The van der Waals surface area contributed by atoms with Crippen molar-refractivity contribution < 1.29 is 24.5 Å². The number of aliphatic hydroxyl groups excluding tert-OH is 2. The molecule has 2 aromatic rings. The second-order valence-electron chi connectivity index (χ2n) is 5.46. The Bertz CT molecular complexity index is 834. The molecule has 1 aliphatic heterocycles. The zero-order valence-electron chi connectivity index (χ0n) is 13.2. The van der Waals surface area contributed by atoms with Crippen molar-refractivity contribution in [3.8, 4) is 0 Å². The molecule has 0 bridgehead atoms. The van der Waals surface area contributed by atoms with E-state index >= 15 is 0 Å². The van der Waals surface area contributed by atoms with Crippen molar-refractivity contribution in [2.75, 3.05) is 26.0 Å². The van der Waals surface area contributed by atoms with Gasteiger partial charge in [-0.1, -0.05) is 0 Å². The summed E-state index contributed by atoms with van der Waals surface area (Å²) in [6, 6.07) is 0. The molecule has 1 aliphatic rings. The quantitative estimate of drug-likeness (QED) is 0.376. The maximum Gasteiger partial charge on any atom is 0.280 e. The van der Waals surface area contributed by atoms with Gasteiger partial charge in [0.1, 0.15) is 24.9 Å². The fourth-order valence-corrected chi connectivity index (χ4v) is 2.65. The van der Waals surface area contributed by atoms with Gasteiger partial charge in [0.05, 0.1) is 12.9 Å². The van der Waals surface area contributed by atoms with Gasteiger partial charge in [-0.05, 0) is 0 Å². The lowest BCUT2D eigenvalue weighted by Gasteiger charge is -2.21. The lowest BCUT2D eigenvalue weighted by Crippen LogP contribution is -2.38. The number of nitrogens with zero attached hydrogens (tertiary/aromatic N) is 3. The highest BCUT2D eigenvalue weighted by atomic mass is 16.6. The number of carbonyl (C=O) groups excluding carboxylic acids is 1. The molecule has 12 nitrogen and oxygen atoms in total. The molecule has 0 unspecified atom stereocenters. The summed E-state index contributed by atoms with van der Waals surface area (Å²) in [4.78, 5) is 33.6. The number of aromatic nitrogens is 4. The van der Waals surface area contributed by atoms with Gasteiger partial charge in [-0.3, -0.25) is 19.1 Å². The van der Waals surface area contributed by atoms with Gasteiger partial charge < -0.3 is 30.7 Å². The van der Waals surface area contributed by atoms with E-state index in [4.69, 9.17) is 15.2 Å². The van der Waals surface area contributed by atoms with Crippen molar-refractivity contribution in [3.05, 3.63) is 16.7 Å². The molecule has 1 amide bonds. The van der Waals surface area contributed by atoms with E-state index in [9.17, 15) is 19.8 Å². The molecule has 2 aromatic heterocycles. The van der Waals surface area contributed by atoms with Crippen LogP contribution in [-0.2, 0) is 14.3 Å². The summed E-state index contributed by atoms with van der Waals surface area (Å²) in [5.41, 5.74) is 5.20. The van der Waals surface area contributed by atoms with Crippen molar-refractivity contribution in [1.29, 1.82) is 0 Å². The van der Waals surface area contributed by atoms with Crippen LogP contribution in [0.1, 0.15) is 6.23 Å². The number of imidazole rings is 1. The van der Waals surface area contributed by atoms with Gasteiger partial charge in [-0.15, -0.1) is 0 Å². The average Bonchev–Trinajstić information content (AvgIpc) is 3.13. The number of hydrogen-bond acceptors (Lipinski definition) is 9. The molecular formula is C13H18N6O6. The van der Waals surface area contributed by atoms with Crippen LogP contribution < -0.4 is 16.6 Å². The highest BCUT2D eigenvalue weighted by molar-refractivity contribution is 5.76. The summed E-state index contributed by atoms with van der Waals surface area (Å²) in [6.07, 6.45) is -2.79. The van der Waals surface area contributed by atoms with Crippen LogP contribution in [0.25, 0.3) is 11.2 Å². The monoisotopic (exact) mass is 354 g/mol. The van der Waals surface area contributed by atoms with E-state index in [2.05, 4.69) is 20.3 Å². The minimum absolute atomic E-state index is 0.0322. The summed E-state index contributed by atoms with van der Waals surface area (Å²) in [7, 11) is 1.45. The van der Waals surface area contributed by atoms with E-state index in [0.29, 0.717) is 0 Å². The number of carbonyl (C=O) groups is 1. The van der Waals surface area contributed by atoms with E-state index in [1.807, 2.05) is 0 Å². The lowest BCUT2D eigenvalue weighted by atomic mass is 10.1. The maximum atomic E-state index is 11.9. The standard InChI is InChI=1S/C13H18N6O6/c1-15-6(21)3-24-9-8(22)5(2-20)25-12(9)19-4-16-7-10(19)17-13(14)18-11(7)23/h4-5,8-9,12,20,22H,2-3H2,1H3,(H,15,21)(H3,14,17,18,23)/t5-,8-,9-,12-/m1/s1. The Kier molecular flexibility index (Phi) is 4.67. The summed E-state index contributed by atoms with van der Waals surface area (Å²) >= 11 is 0. The number of fused-ring (bicyclic) bond motifs is 1. The number of aliphatic hydroxyl groups is 2. The molecule has 4 atom stereocenters. The summed E-state index contributed by atoms with van der Waals surface area (Å²) in [6.45, 7) is -0.778. The number of H-pyrrole nitrogens is 1.